The van der Waals surface area contributed by atoms with Crippen LogP contribution in [0.5, 0.6) is 0 Å². The number of amides is 1. The third-order valence-corrected chi connectivity index (χ3v) is 5.21. The molecule has 0 aliphatic heterocycles. The number of nitrogens with zero attached hydrogens (tertiary/aromatic N) is 2. The predicted molar refractivity (Wildman–Crippen MR) is 96.5 cm³/mol. The summed E-state index contributed by atoms with van der Waals surface area (Å²) >= 11 is 14.3. The van der Waals surface area contributed by atoms with E-state index < -0.39 is 10.8 Å². The number of carbonyl (C=O) groups is 1. The Balaban J connectivity index is 1.79. The lowest BCUT2D eigenvalue weighted by Crippen LogP contribution is -2.12. The standard InChI is InChI=1S/C14H7Cl2N3O3S2/c15-7-1-2-10(16)9(3-7)13(20)18-14-17-11(6-24-14)12-4-8(5-23-12)19(21)22/h1-6H,(H,17,18,20). The molecule has 0 unspecified atom stereocenters. The van der Waals surface area contributed by atoms with Crippen molar-refractivity contribution in [3.63, 3.8) is 0 Å². The highest BCUT2D eigenvalue weighted by Crippen LogP contribution is 2.33. The molecule has 2 aromatic heterocycles. The average molecular weight is 400 g/mol. The van der Waals surface area contributed by atoms with Gasteiger partial charge in [-0.1, -0.05) is 23.2 Å². The Bertz CT molecular complexity index is 939. The molecule has 0 aliphatic carbocycles. The van der Waals surface area contributed by atoms with E-state index in [4.69, 9.17) is 23.2 Å². The summed E-state index contributed by atoms with van der Waals surface area (Å²) in [6.07, 6.45) is 0. The second-order valence-corrected chi connectivity index (χ2v) is 7.16. The maximum Gasteiger partial charge on any atom is 0.280 e. The average Bonchev–Trinajstić information content (AvgIpc) is 3.18. The highest BCUT2D eigenvalue weighted by atomic mass is 35.5. The minimum absolute atomic E-state index is 0.0132. The topological polar surface area (TPSA) is 85.1 Å². The van der Waals surface area contributed by atoms with Crippen molar-refractivity contribution in [1.29, 1.82) is 0 Å². The number of thiazole rings is 1. The molecule has 0 aliphatic rings. The van der Waals surface area contributed by atoms with Crippen LogP contribution in [-0.2, 0) is 0 Å². The minimum atomic E-state index is -0.462. The van der Waals surface area contributed by atoms with Crippen molar-refractivity contribution in [2.24, 2.45) is 0 Å². The Morgan fingerprint density at radius 2 is 2.00 bits per heavy atom. The molecule has 1 aromatic carbocycles. The van der Waals surface area contributed by atoms with Crippen LogP contribution >= 0.6 is 45.9 Å². The monoisotopic (exact) mass is 399 g/mol. The van der Waals surface area contributed by atoms with Gasteiger partial charge in [0.1, 0.15) is 0 Å². The summed E-state index contributed by atoms with van der Waals surface area (Å²) in [4.78, 5) is 27.4. The van der Waals surface area contributed by atoms with Crippen molar-refractivity contribution in [2.75, 3.05) is 5.32 Å². The predicted octanol–water partition coefficient (Wildman–Crippen LogP) is 5.34. The first-order valence-corrected chi connectivity index (χ1v) is 8.91. The molecule has 24 heavy (non-hydrogen) atoms. The maximum atomic E-state index is 12.3. The van der Waals surface area contributed by atoms with E-state index in [2.05, 4.69) is 10.3 Å². The molecule has 1 amide bonds. The van der Waals surface area contributed by atoms with Crippen molar-refractivity contribution >= 4 is 62.6 Å². The number of benzene rings is 1. The van der Waals surface area contributed by atoms with E-state index in [1.54, 1.807) is 11.4 Å². The fourth-order valence-electron chi connectivity index (χ4n) is 1.84. The molecule has 10 heteroatoms. The summed E-state index contributed by atoms with van der Waals surface area (Å²) in [7, 11) is 0. The lowest BCUT2D eigenvalue weighted by molar-refractivity contribution is -0.384. The van der Waals surface area contributed by atoms with Crippen molar-refractivity contribution in [1.82, 2.24) is 4.98 Å². The second-order valence-electron chi connectivity index (χ2n) is 4.54. The van der Waals surface area contributed by atoms with Crippen LogP contribution in [0.2, 0.25) is 10.0 Å². The van der Waals surface area contributed by atoms with Crippen LogP contribution < -0.4 is 5.32 Å². The first kappa shape index (κ1) is 16.8. The van der Waals surface area contributed by atoms with Gasteiger partial charge in [-0.05, 0) is 18.2 Å². The van der Waals surface area contributed by atoms with Gasteiger partial charge < -0.3 is 0 Å². The molecule has 0 fully saturated rings. The fraction of sp³-hybridized carbons (Fsp3) is 0. The minimum Gasteiger partial charge on any atom is -0.298 e. The third kappa shape index (κ3) is 3.57. The van der Waals surface area contributed by atoms with E-state index in [9.17, 15) is 14.9 Å². The Labute approximate surface area is 153 Å². The third-order valence-electron chi connectivity index (χ3n) is 2.95. The van der Waals surface area contributed by atoms with Crippen LogP contribution in [0.3, 0.4) is 0 Å². The normalized spacial score (nSPS) is 10.6. The molecular weight excluding hydrogens is 393 g/mol. The molecule has 6 nitrogen and oxygen atoms in total. The molecular formula is C14H7Cl2N3O3S2. The molecule has 2 heterocycles. The summed E-state index contributed by atoms with van der Waals surface area (Å²) in [5.41, 5.74) is 0.817. The number of rotatable bonds is 4. The molecule has 0 saturated heterocycles. The molecule has 0 saturated carbocycles. The number of carbonyl (C=O) groups excluding carboxylic acids is 1. The number of aromatic nitrogens is 1. The lowest BCUT2D eigenvalue weighted by Gasteiger charge is -2.04. The fourth-order valence-corrected chi connectivity index (χ4v) is 3.81. The van der Waals surface area contributed by atoms with Gasteiger partial charge in [-0.25, -0.2) is 4.98 Å². The number of hydrogen-bond donors (Lipinski definition) is 1. The van der Waals surface area contributed by atoms with E-state index in [0.29, 0.717) is 20.7 Å². The largest absolute Gasteiger partial charge is 0.298 e. The van der Waals surface area contributed by atoms with Crippen molar-refractivity contribution in [3.8, 4) is 10.6 Å². The zero-order chi connectivity index (χ0) is 17.3. The zero-order valence-corrected chi connectivity index (χ0v) is 14.8. The summed E-state index contributed by atoms with van der Waals surface area (Å²) < 4.78 is 0. The zero-order valence-electron chi connectivity index (χ0n) is 11.7. The quantitative estimate of drug-likeness (QED) is 0.473. The van der Waals surface area contributed by atoms with E-state index in [1.807, 2.05) is 0 Å². The van der Waals surface area contributed by atoms with Crippen LogP contribution in [0.25, 0.3) is 10.6 Å². The molecule has 0 spiro atoms. The van der Waals surface area contributed by atoms with E-state index in [1.165, 1.54) is 46.3 Å². The van der Waals surface area contributed by atoms with Crippen LogP contribution in [0.4, 0.5) is 10.8 Å². The first-order valence-electron chi connectivity index (χ1n) is 6.39. The Morgan fingerprint density at radius 3 is 2.71 bits per heavy atom. The number of halogens is 2. The van der Waals surface area contributed by atoms with Gasteiger partial charge in [-0.15, -0.1) is 22.7 Å². The molecule has 3 rings (SSSR count). The van der Waals surface area contributed by atoms with Gasteiger partial charge in [0.05, 0.1) is 31.5 Å². The van der Waals surface area contributed by atoms with Crippen LogP contribution in [0, 0.1) is 10.1 Å². The molecule has 3 aromatic rings. The van der Waals surface area contributed by atoms with Gasteiger partial charge >= 0.3 is 0 Å². The first-order chi connectivity index (χ1) is 11.4. The second kappa shape index (κ2) is 6.86. The number of nitro groups is 1. The molecule has 0 atom stereocenters. The number of nitrogens with one attached hydrogen (secondary N) is 1. The SMILES string of the molecule is O=C(Nc1nc(-c2cc([N+](=O)[O-])cs2)cs1)c1cc(Cl)ccc1Cl. The van der Waals surface area contributed by atoms with E-state index in [0.717, 1.165) is 0 Å². The smallest absolute Gasteiger partial charge is 0.280 e. The Kier molecular flexibility index (Phi) is 4.81. The highest BCUT2D eigenvalue weighted by molar-refractivity contribution is 7.16. The molecule has 0 bridgehead atoms. The van der Waals surface area contributed by atoms with Gasteiger partial charge in [-0.3, -0.25) is 20.2 Å². The molecule has 1 N–H and O–H groups in total. The van der Waals surface area contributed by atoms with Gasteiger partial charge in [0.2, 0.25) is 0 Å². The van der Waals surface area contributed by atoms with E-state index in [-0.39, 0.29) is 16.3 Å². The maximum absolute atomic E-state index is 12.3. The highest BCUT2D eigenvalue weighted by Gasteiger charge is 2.16. The van der Waals surface area contributed by atoms with Gasteiger partial charge in [0, 0.05) is 16.5 Å². The Morgan fingerprint density at radius 1 is 1.21 bits per heavy atom. The van der Waals surface area contributed by atoms with Crippen molar-refractivity contribution in [3.05, 3.63) is 60.7 Å². The van der Waals surface area contributed by atoms with Crippen molar-refractivity contribution in [2.45, 2.75) is 0 Å². The van der Waals surface area contributed by atoms with E-state index >= 15 is 0 Å². The van der Waals surface area contributed by atoms with Crippen molar-refractivity contribution < 1.29 is 9.72 Å². The van der Waals surface area contributed by atoms with Gasteiger partial charge in [-0.2, -0.15) is 0 Å². The van der Waals surface area contributed by atoms with Crippen LogP contribution in [0.15, 0.2) is 35.0 Å². The molecule has 122 valence electrons. The van der Waals surface area contributed by atoms with Crippen LogP contribution in [0.1, 0.15) is 10.4 Å². The summed E-state index contributed by atoms with van der Waals surface area (Å²) in [5.74, 6) is -0.430. The number of thiophene rings is 1. The molecule has 0 radical (unpaired) electrons. The summed E-state index contributed by atoms with van der Waals surface area (Å²) in [6, 6.07) is 6.04. The lowest BCUT2D eigenvalue weighted by atomic mass is 10.2. The van der Waals surface area contributed by atoms with Gasteiger partial charge in [0.25, 0.3) is 11.6 Å². The van der Waals surface area contributed by atoms with Crippen LogP contribution in [-0.4, -0.2) is 15.8 Å². The van der Waals surface area contributed by atoms with Gasteiger partial charge in [0.15, 0.2) is 5.13 Å². The Hall–Kier alpha value is -2.00. The number of hydrogen-bond acceptors (Lipinski definition) is 6. The summed E-state index contributed by atoms with van der Waals surface area (Å²) in [6.45, 7) is 0. The summed E-state index contributed by atoms with van der Waals surface area (Å²) in [5, 5.41) is 17.6. The number of anilines is 1.